The molecule has 0 bridgehead atoms. The molecule has 0 atom stereocenters. The number of aromatic nitrogens is 2. The van der Waals surface area contributed by atoms with Crippen molar-refractivity contribution < 1.29 is 35.3 Å². The van der Waals surface area contributed by atoms with E-state index >= 15 is 0 Å². The molecule has 0 fully saturated rings. The van der Waals surface area contributed by atoms with Crippen LogP contribution < -0.4 is 5.32 Å². The molecule has 6 rings (SSSR count). The third kappa shape index (κ3) is 5.80. The fraction of sp³-hybridized carbons (Fsp3) is 0.100. The highest BCUT2D eigenvalue weighted by molar-refractivity contribution is 7.86. The maximum atomic E-state index is 14.2. The summed E-state index contributed by atoms with van der Waals surface area (Å²) in [5.74, 6) is -2.48. The van der Waals surface area contributed by atoms with Gasteiger partial charge in [-0.2, -0.15) is 21.6 Å². The summed E-state index contributed by atoms with van der Waals surface area (Å²) in [4.78, 5) is 21.6. The fourth-order valence-electron chi connectivity index (χ4n) is 4.76. The molecule has 44 heavy (non-hydrogen) atoms. The van der Waals surface area contributed by atoms with Crippen molar-refractivity contribution >= 4 is 64.8 Å². The first-order valence-electron chi connectivity index (χ1n) is 12.8. The van der Waals surface area contributed by atoms with Crippen LogP contribution in [0.2, 0.25) is 0 Å². The molecule has 0 aliphatic heterocycles. The number of halogens is 4. The maximum Gasteiger partial charge on any atom is 0.417 e. The van der Waals surface area contributed by atoms with Crippen molar-refractivity contribution in [3.05, 3.63) is 106 Å². The molecule has 14 heteroatoms. The Bertz CT molecular complexity index is 2190. The predicted octanol–water partition coefficient (Wildman–Crippen LogP) is 8.13. The van der Waals surface area contributed by atoms with E-state index in [2.05, 4.69) is 15.3 Å². The van der Waals surface area contributed by atoms with Crippen molar-refractivity contribution in [3.63, 3.8) is 0 Å². The fourth-order valence-corrected chi connectivity index (χ4v) is 8.11. The summed E-state index contributed by atoms with van der Waals surface area (Å²) >= 11 is 2.62. The third-order valence-corrected chi connectivity index (χ3v) is 10.1. The number of alkyl halides is 3. The first kappa shape index (κ1) is 29.8. The quantitative estimate of drug-likeness (QED) is 0.138. The Morgan fingerprint density at radius 1 is 0.955 bits per heavy atom. The highest BCUT2D eigenvalue weighted by Crippen LogP contribution is 2.38. The summed E-state index contributed by atoms with van der Waals surface area (Å²) in [6, 6.07) is 17.6. The zero-order valence-electron chi connectivity index (χ0n) is 22.4. The lowest BCUT2D eigenvalue weighted by atomic mass is 10.1. The molecule has 2 heterocycles. The Hall–Kier alpha value is -4.24. The molecule has 0 aliphatic carbocycles. The Balaban J connectivity index is 1.21. The monoisotopic (exact) mass is 657 g/mol. The van der Waals surface area contributed by atoms with Gasteiger partial charge in [0, 0.05) is 17.7 Å². The van der Waals surface area contributed by atoms with E-state index in [9.17, 15) is 35.3 Å². The standard InChI is InChI=1S/C30H19F4N3O4S3/c1-15-5-11-22-26(27(15)44(39,40)41)43-29(37-22)17-8-12-21-23(14-17)42-24(36-21)13-16-6-9-18(10-7-16)35-28(38)25-19(30(32,33)34)3-2-4-20(25)31/h2-12,14H,13H2,1H3,(H,35,38)(H,39,40,41). The van der Waals surface area contributed by atoms with Gasteiger partial charge >= 0.3 is 6.18 Å². The minimum Gasteiger partial charge on any atom is -0.322 e. The Kier molecular flexibility index (Phi) is 7.48. The number of amides is 1. The van der Waals surface area contributed by atoms with Crippen molar-refractivity contribution in [1.82, 2.24) is 9.97 Å². The number of benzene rings is 4. The summed E-state index contributed by atoms with van der Waals surface area (Å²) in [6.07, 6.45) is -4.45. The largest absolute Gasteiger partial charge is 0.417 e. The van der Waals surface area contributed by atoms with Crippen LogP contribution in [-0.4, -0.2) is 28.8 Å². The van der Waals surface area contributed by atoms with Gasteiger partial charge in [-0.3, -0.25) is 9.35 Å². The predicted molar refractivity (Wildman–Crippen MR) is 161 cm³/mol. The van der Waals surface area contributed by atoms with Crippen molar-refractivity contribution in [2.75, 3.05) is 5.32 Å². The van der Waals surface area contributed by atoms with Crippen LogP contribution in [0.1, 0.15) is 32.1 Å². The van der Waals surface area contributed by atoms with E-state index in [4.69, 9.17) is 0 Å². The molecule has 0 unspecified atom stereocenters. The van der Waals surface area contributed by atoms with Crippen LogP contribution in [0.5, 0.6) is 0 Å². The zero-order valence-corrected chi connectivity index (χ0v) is 24.9. The van der Waals surface area contributed by atoms with Crippen molar-refractivity contribution in [2.45, 2.75) is 24.4 Å². The second kappa shape index (κ2) is 11.0. The minimum atomic E-state index is -4.89. The van der Waals surface area contributed by atoms with Gasteiger partial charge in [0.25, 0.3) is 16.0 Å². The highest BCUT2D eigenvalue weighted by Gasteiger charge is 2.36. The summed E-state index contributed by atoms with van der Waals surface area (Å²) in [5.41, 5.74) is 0.992. The molecule has 2 N–H and O–H groups in total. The van der Waals surface area contributed by atoms with E-state index in [1.807, 2.05) is 18.2 Å². The summed E-state index contributed by atoms with van der Waals surface area (Å²) in [7, 11) is -4.43. The van der Waals surface area contributed by atoms with Gasteiger partial charge in [0.05, 0.1) is 36.6 Å². The average Bonchev–Trinajstić information content (AvgIpc) is 3.55. The van der Waals surface area contributed by atoms with Gasteiger partial charge < -0.3 is 5.32 Å². The number of rotatable bonds is 6. The van der Waals surface area contributed by atoms with Gasteiger partial charge in [0.1, 0.15) is 15.7 Å². The number of fused-ring (bicyclic) bond motifs is 2. The van der Waals surface area contributed by atoms with Crippen LogP contribution in [-0.2, 0) is 22.7 Å². The number of carbonyl (C=O) groups is 1. The molecule has 0 saturated heterocycles. The van der Waals surface area contributed by atoms with Gasteiger partial charge in [0.2, 0.25) is 0 Å². The Morgan fingerprint density at radius 2 is 1.68 bits per heavy atom. The van der Waals surface area contributed by atoms with E-state index in [0.717, 1.165) is 38.5 Å². The summed E-state index contributed by atoms with van der Waals surface area (Å²) < 4.78 is 89.0. The maximum absolute atomic E-state index is 14.2. The van der Waals surface area contributed by atoms with E-state index in [0.29, 0.717) is 33.3 Å². The van der Waals surface area contributed by atoms with Gasteiger partial charge in [-0.25, -0.2) is 14.4 Å². The minimum absolute atomic E-state index is 0.149. The van der Waals surface area contributed by atoms with E-state index < -0.39 is 39.1 Å². The lowest BCUT2D eigenvalue weighted by Crippen LogP contribution is -2.20. The van der Waals surface area contributed by atoms with Gasteiger partial charge in [-0.15, -0.1) is 22.7 Å². The normalized spacial score (nSPS) is 12.2. The number of thiazole rings is 2. The van der Waals surface area contributed by atoms with E-state index in [-0.39, 0.29) is 10.6 Å². The molecule has 7 nitrogen and oxygen atoms in total. The van der Waals surface area contributed by atoms with Crippen LogP contribution in [0.3, 0.4) is 0 Å². The van der Waals surface area contributed by atoms with E-state index in [1.165, 1.54) is 34.8 Å². The molecule has 0 aliphatic rings. The average molecular weight is 658 g/mol. The van der Waals surface area contributed by atoms with Crippen LogP contribution >= 0.6 is 22.7 Å². The van der Waals surface area contributed by atoms with Crippen molar-refractivity contribution in [3.8, 4) is 10.6 Å². The molecular formula is C30H19F4N3O4S3. The topological polar surface area (TPSA) is 109 Å². The molecule has 4 aromatic carbocycles. The second-order valence-electron chi connectivity index (χ2n) is 9.83. The van der Waals surface area contributed by atoms with Crippen LogP contribution in [0.25, 0.3) is 31.0 Å². The molecule has 224 valence electrons. The molecule has 1 amide bonds. The zero-order chi connectivity index (χ0) is 31.4. The number of aryl methyl sites for hydroxylation is 1. The first-order chi connectivity index (χ1) is 20.8. The molecule has 0 saturated carbocycles. The number of hydrogen-bond acceptors (Lipinski definition) is 7. The molecular weight excluding hydrogens is 639 g/mol. The third-order valence-electron chi connectivity index (χ3n) is 6.76. The number of hydrogen-bond donors (Lipinski definition) is 2. The summed E-state index contributed by atoms with van der Waals surface area (Å²) in [6.45, 7) is 1.61. The molecule has 6 aromatic rings. The number of nitrogens with one attached hydrogen (secondary N) is 1. The molecule has 2 aromatic heterocycles. The lowest BCUT2D eigenvalue weighted by molar-refractivity contribution is -0.138. The van der Waals surface area contributed by atoms with Crippen LogP contribution in [0.15, 0.2) is 77.7 Å². The van der Waals surface area contributed by atoms with Gasteiger partial charge in [-0.05, 0) is 66.6 Å². The van der Waals surface area contributed by atoms with Crippen molar-refractivity contribution in [2.24, 2.45) is 0 Å². The number of carbonyl (C=O) groups excluding carboxylic acids is 1. The molecule has 0 radical (unpaired) electrons. The van der Waals surface area contributed by atoms with Crippen LogP contribution in [0.4, 0.5) is 23.2 Å². The smallest absolute Gasteiger partial charge is 0.322 e. The van der Waals surface area contributed by atoms with Crippen LogP contribution in [0, 0.1) is 12.7 Å². The highest BCUT2D eigenvalue weighted by atomic mass is 32.2. The Labute approximate surface area is 255 Å². The summed E-state index contributed by atoms with van der Waals surface area (Å²) in [5, 5.41) is 3.69. The molecule has 0 spiro atoms. The van der Waals surface area contributed by atoms with Gasteiger partial charge in [-0.1, -0.05) is 24.3 Å². The second-order valence-corrected chi connectivity index (χ2v) is 13.3. The Morgan fingerprint density at radius 3 is 2.39 bits per heavy atom. The van der Waals surface area contributed by atoms with Crippen molar-refractivity contribution in [1.29, 1.82) is 0 Å². The number of anilines is 1. The van der Waals surface area contributed by atoms with Gasteiger partial charge in [0.15, 0.2) is 0 Å². The first-order valence-corrected chi connectivity index (χ1v) is 15.9. The lowest BCUT2D eigenvalue weighted by Gasteiger charge is -2.13. The SMILES string of the molecule is Cc1ccc2nc(-c3ccc4nc(Cc5ccc(NC(=O)c6c(F)cccc6C(F)(F)F)cc5)sc4c3)sc2c1S(=O)(=O)O. The van der Waals surface area contributed by atoms with E-state index in [1.54, 1.807) is 31.2 Å². The number of nitrogens with zero attached hydrogens (tertiary/aromatic N) is 2.